The topological polar surface area (TPSA) is 68.3 Å². The van der Waals surface area contributed by atoms with Crippen molar-refractivity contribution in [3.05, 3.63) is 35.7 Å². The van der Waals surface area contributed by atoms with E-state index in [9.17, 15) is 17.4 Å². The summed E-state index contributed by atoms with van der Waals surface area (Å²) in [5.41, 5.74) is 1.23. The smallest absolute Gasteiger partial charge is 0.329 e. The van der Waals surface area contributed by atoms with Crippen LogP contribution in [0, 0.1) is 0 Å². The van der Waals surface area contributed by atoms with Crippen molar-refractivity contribution in [2.24, 2.45) is 4.36 Å². The van der Waals surface area contributed by atoms with E-state index in [0.29, 0.717) is 12.1 Å². The molecule has 1 fully saturated rings. The summed E-state index contributed by atoms with van der Waals surface area (Å²) < 4.78 is 57.9. The molecule has 0 aliphatic heterocycles. The number of hydrogen-bond donors (Lipinski definition) is 0. The highest BCUT2D eigenvalue weighted by Gasteiger charge is 2.38. The third-order valence-corrected chi connectivity index (χ3v) is 5.88. The van der Waals surface area contributed by atoms with Crippen LogP contribution < -0.4 is 0 Å². The Hall–Kier alpha value is -1.90. The summed E-state index contributed by atoms with van der Waals surface area (Å²) in [5, 5.41) is 3.52. The van der Waals surface area contributed by atoms with Gasteiger partial charge in [0, 0.05) is 26.8 Å². The van der Waals surface area contributed by atoms with Gasteiger partial charge in [-0.15, -0.1) is 0 Å². The molecular weight excluding hydrogens is 331 g/mol. The molecule has 1 atom stereocenters. The maximum Gasteiger partial charge on any atom is 0.471 e. The first-order valence-electron chi connectivity index (χ1n) is 6.93. The van der Waals surface area contributed by atoms with Gasteiger partial charge in [-0.2, -0.15) is 18.2 Å². The molecule has 1 unspecified atom stereocenters. The predicted molar refractivity (Wildman–Crippen MR) is 78.0 cm³/mol. The van der Waals surface area contributed by atoms with Crippen molar-refractivity contribution in [1.82, 2.24) is 10.1 Å². The van der Waals surface area contributed by atoms with Crippen LogP contribution in [0.5, 0.6) is 0 Å². The molecule has 0 amide bonds. The van der Waals surface area contributed by atoms with Gasteiger partial charge < -0.3 is 4.52 Å². The zero-order chi connectivity index (χ0) is 16.7. The quantitative estimate of drug-likeness (QED) is 0.850. The Morgan fingerprint density at radius 3 is 2.48 bits per heavy atom. The van der Waals surface area contributed by atoms with E-state index in [-0.39, 0.29) is 11.1 Å². The fourth-order valence-corrected chi connectivity index (χ4v) is 3.66. The third-order valence-electron chi connectivity index (χ3n) is 3.53. The summed E-state index contributed by atoms with van der Waals surface area (Å²) in [7, 11) is -2.15. The van der Waals surface area contributed by atoms with Gasteiger partial charge in [-0.05, 0) is 18.4 Å². The standard InChI is InChI=1S/C14H14F3N3O2S/c1-23(21,11-6-7-11)18-8-9-2-4-10(5-3-9)12-19-13(22-20-12)14(15,16)17/h2-5,11H,6-8H2,1H3. The number of benzene rings is 1. The van der Waals surface area contributed by atoms with E-state index in [0.717, 1.165) is 18.4 Å². The fourth-order valence-electron chi connectivity index (χ4n) is 2.03. The first kappa shape index (κ1) is 16.0. The molecule has 3 rings (SSSR count). The Labute approximate surface area is 131 Å². The molecule has 124 valence electrons. The van der Waals surface area contributed by atoms with E-state index >= 15 is 0 Å². The number of rotatable bonds is 4. The van der Waals surface area contributed by atoms with E-state index in [1.54, 1.807) is 30.5 Å². The monoisotopic (exact) mass is 345 g/mol. The molecule has 23 heavy (non-hydrogen) atoms. The lowest BCUT2D eigenvalue weighted by molar-refractivity contribution is -0.159. The molecule has 1 aliphatic rings. The minimum absolute atomic E-state index is 0.127. The molecular formula is C14H14F3N3O2S. The average Bonchev–Trinajstić information content (AvgIpc) is 3.23. The zero-order valence-electron chi connectivity index (χ0n) is 12.2. The van der Waals surface area contributed by atoms with Crippen LogP contribution >= 0.6 is 0 Å². The number of alkyl halides is 3. The number of aromatic nitrogens is 2. The summed E-state index contributed by atoms with van der Waals surface area (Å²) in [6.45, 7) is 0.312. The van der Waals surface area contributed by atoms with Gasteiger partial charge in [-0.25, -0.2) is 8.57 Å². The summed E-state index contributed by atoms with van der Waals surface area (Å²) >= 11 is 0. The first-order chi connectivity index (χ1) is 10.8. The molecule has 9 heteroatoms. The number of halogens is 3. The van der Waals surface area contributed by atoms with E-state index < -0.39 is 21.8 Å². The normalized spacial score (nSPS) is 17.7. The van der Waals surface area contributed by atoms with E-state index in [2.05, 4.69) is 19.0 Å². The average molecular weight is 345 g/mol. The summed E-state index contributed by atoms with van der Waals surface area (Å²) in [4.78, 5) is 3.33. The Morgan fingerprint density at radius 1 is 1.30 bits per heavy atom. The number of nitrogens with zero attached hydrogens (tertiary/aromatic N) is 3. The molecule has 0 spiro atoms. The van der Waals surface area contributed by atoms with Crippen LogP contribution in [-0.4, -0.2) is 25.9 Å². The Kier molecular flexibility index (Phi) is 3.91. The summed E-state index contributed by atoms with van der Waals surface area (Å²) in [5.74, 6) is -1.50. The van der Waals surface area contributed by atoms with Gasteiger partial charge in [0.2, 0.25) is 5.82 Å². The first-order valence-corrected chi connectivity index (χ1v) is 8.91. The van der Waals surface area contributed by atoms with E-state index in [1.165, 1.54) is 0 Å². The van der Waals surface area contributed by atoms with Crippen LogP contribution in [0.4, 0.5) is 13.2 Å². The van der Waals surface area contributed by atoms with Crippen LogP contribution in [0.25, 0.3) is 11.4 Å². The Bertz CT molecular complexity index is 817. The van der Waals surface area contributed by atoms with Crippen molar-refractivity contribution in [3.63, 3.8) is 0 Å². The highest BCUT2D eigenvalue weighted by atomic mass is 32.2. The van der Waals surface area contributed by atoms with Crippen molar-refractivity contribution in [2.75, 3.05) is 6.26 Å². The second kappa shape index (κ2) is 5.63. The van der Waals surface area contributed by atoms with Crippen LogP contribution in [0.15, 0.2) is 33.2 Å². The molecule has 0 radical (unpaired) electrons. The van der Waals surface area contributed by atoms with Crippen molar-refractivity contribution in [3.8, 4) is 11.4 Å². The van der Waals surface area contributed by atoms with Gasteiger partial charge in [0.15, 0.2) is 0 Å². The van der Waals surface area contributed by atoms with Gasteiger partial charge in [-0.1, -0.05) is 29.4 Å². The highest BCUT2D eigenvalue weighted by Crippen LogP contribution is 2.30. The lowest BCUT2D eigenvalue weighted by atomic mass is 10.1. The van der Waals surface area contributed by atoms with Crippen LogP contribution in [0.1, 0.15) is 24.3 Å². The Balaban J connectivity index is 1.74. The number of hydrogen-bond acceptors (Lipinski definition) is 5. The molecule has 1 heterocycles. The largest absolute Gasteiger partial charge is 0.471 e. The van der Waals surface area contributed by atoms with E-state index in [1.807, 2.05) is 0 Å². The molecule has 1 aliphatic carbocycles. The minimum Gasteiger partial charge on any atom is -0.329 e. The van der Waals surface area contributed by atoms with Crippen molar-refractivity contribution >= 4 is 9.73 Å². The molecule has 0 saturated heterocycles. The Morgan fingerprint density at radius 2 is 1.96 bits per heavy atom. The fraction of sp³-hybridized carbons (Fsp3) is 0.429. The summed E-state index contributed by atoms with van der Waals surface area (Å²) in [6, 6.07) is 6.57. The molecule has 0 N–H and O–H groups in total. The van der Waals surface area contributed by atoms with Gasteiger partial charge in [0.25, 0.3) is 0 Å². The van der Waals surface area contributed by atoms with Crippen LogP contribution in [0.3, 0.4) is 0 Å². The SMILES string of the molecule is CS(=O)(=NCc1ccc(-c2noc(C(F)(F)F)n2)cc1)C1CC1. The predicted octanol–water partition coefficient (Wildman–Crippen LogP) is 3.52. The van der Waals surface area contributed by atoms with Gasteiger partial charge in [-0.3, -0.25) is 0 Å². The molecule has 1 aromatic heterocycles. The van der Waals surface area contributed by atoms with Gasteiger partial charge in [0.05, 0.1) is 6.54 Å². The molecule has 5 nitrogen and oxygen atoms in total. The molecule has 0 bridgehead atoms. The van der Waals surface area contributed by atoms with Gasteiger partial charge >= 0.3 is 12.1 Å². The maximum absolute atomic E-state index is 12.4. The lowest BCUT2D eigenvalue weighted by Gasteiger charge is -2.02. The highest BCUT2D eigenvalue weighted by molar-refractivity contribution is 7.93. The van der Waals surface area contributed by atoms with Crippen LogP contribution in [0.2, 0.25) is 0 Å². The lowest BCUT2D eigenvalue weighted by Crippen LogP contribution is -2.04. The molecule has 1 aromatic carbocycles. The van der Waals surface area contributed by atoms with E-state index in [4.69, 9.17) is 0 Å². The zero-order valence-corrected chi connectivity index (χ0v) is 13.0. The van der Waals surface area contributed by atoms with Gasteiger partial charge in [0.1, 0.15) is 0 Å². The molecule has 1 saturated carbocycles. The van der Waals surface area contributed by atoms with Crippen molar-refractivity contribution < 1.29 is 21.9 Å². The molecule has 2 aromatic rings. The maximum atomic E-state index is 12.4. The van der Waals surface area contributed by atoms with Crippen molar-refractivity contribution in [2.45, 2.75) is 30.8 Å². The summed E-state index contributed by atoms with van der Waals surface area (Å²) in [6.07, 6.45) is -1.08. The van der Waals surface area contributed by atoms with Crippen molar-refractivity contribution in [1.29, 1.82) is 0 Å². The second-order valence-electron chi connectivity index (χ2n) is 5.47. The third kappa shape index (κ3) is 3.72. The van der Waals surface area contributed by atoms with Crippen LogP contribution in [-0.2, 0) is 22.5 Å². The second-order valence-corrected chi connectivity index (χ2v) is 8.11. The minimum atomic E-state index is -4.66.